The molecule has 0 fully saturated rings. The molecule has 3 aromatic carbocycles. The summed E-state index contributed by atoms with van der Waals surface area (Å²) in [5.41, 5.74) is 10.8. The van der Waals surface area contributed by atoms with Crippen LogP contribution in [0, 0.1) is 5.92 Å². The molecule has 0 aliphatic heterocycles. The van der Waals surface area contributed by atoms with Crippen molar-refractivity contribution in [1.29, 1.82) is 0 Å². The minimum atomic E-state index is -1.03. The van der Waals surface area contributed by atoms with Crippen LogP contribution >= 0.6 is 11.8 Å². The van der Waals surface area contributed by atoms with Crippen molar-refractivity contribution in [2.45, 2.75) is 57.0 Å². The van der Waals surface area contributed by atoms with Crippen LogP contribution < -0.4 is 31.2 Å². The molecule has 1 aliphatic carbocycles. The van der Waals surface area contributed by atoms with E-state index < -0.39 is 41.9 Å². The number of nitrogens with two attached hydrogens (primary N) is 1. The third-order valence-corrected chi connectivity index (χ3v) is 9.19. The minimum absolute atomic E-state index is 0.0918. The fraction of sp³-hybridized carbons (Fsp3) is 0.389. The van der Waals surface area contributed by atoms with Crippen molar-refractivity contribution >= 4 is 35.6 Å². The Morgan fingerprint density at radius 3 is 2.02 bits per heavy atom. The summed E-state index contributed by atoms with van der Waals surface area (Å²) in [7, 11) is 3.13. The largest absolute Gasteiger partial charge is 0.497 e. The summed E-state index contributed by atoms with van der Waals surface area (Å²) < 4.78 is 16.3. The minimum Gasteiger partial charge on any atom is -0.497 e. The lowest BCUT2D eigenvalue weighted by atomic mass is 9.98. The molecule has 0 spiro atoms. The summed E-state index contributed by atoms with van der Waals surface area (Å²) in [5, 5.41) is 8.00. The summed E-state index contributed by atoms with van der Waals surface area (Å²) >= 11 is 1.39. The summed E-state index contributed by atoms with van der Waals surface area (Å²) in [4.78, 5) is 51.6. The Balaban J connectivity index is 1.39. The zero-order valence-corrected chi connectivity index (χ0v) is 28.7. The zero-order valence-electron chi connectivity index (χ0n) is 27.9. The summed E-state index contributed by atoms with van der Waals surface area (Å²) in [6.45, 7) is 5.42. The van der Waals surface area contributed by atoms with Crippen molar-refractivity contribution in [1.82, 2.24) is 16.0 Å². The topological polar surface area (TPSA) is 158 Å². The van der Waals surface area contributed by atoms with Crippen LogP contribution in [0.2, 0.25) is 0 Å². The first-order valence-electron chi connectivity index (χ1n) is 15.8. The third-order valence-electron chi connectivity index (χ3n) is 8.11. The number of thioether (sulfide) groups is 1. The van der Waals surface area contributed by atoms with Crippen molar-refractivity contribution in [2.24, 2.45) is 11.7 Å². The van der Waals surface area contributed by atoms with Crippen molar-refractivity contribution in [3.63, 3.8) is 0 Å². The average Bonchev–Trinajstić information content (AvgIpc) is 3.39. The first-order valence-corrected chi connectivity index (χ1v) is 17.0. The Bertz CT molecular complexity index is 1570. The molecular weight excluding hydrogens is 632 g/mol. The van der Waals surface area contributed by atoms with Gasteiger partial charge >= 0.3 is 6.09 Å². The second kappa shape index (κ2) is 16.9. The normalized spacial score (nSPS) is 13.8. The molecule has 0 unspecified atom stereocenters. The van der Waals surface area contributed by atoms with Gasteiger partial charge in [-0.1, -0.05) is 68.4 Å². The Hall–Kier alpha value is -4.71. The zero-order chi connectivity index (χ0) is 34.8. The van der Waals surface area contributed by atoms with Gasteiger partial charge in [-0.25, -0.2) is 4.79 Å². The number of amides is 4. The standard InChI is InChI=1S/C36H44N4O7S/c1-21(2)16-30(33(37)41)39-35(43)31(20-48-19-23-14-15-24(45-4)17-32(23)46-5)40-34(42)22(3)38-36(44)47-18-29-27-12-8-6-10-25(27)26-11-7-9-13-28(26)29/h6-15,17,21-22,29-31H,16,18-20H2,1-5H3,(H2,37,41)(H,38,44)(H,39,43)(H,40,42)/t22-,30-,31-/m0/s1. The number of ether oxygens (including phenoxy) is 3. The van der Waals surface area contributed by atoms with E-state index in [0.717, 1.165) is 27.8 Å². The number of hydrogen-bond donors (Lipinski definition) is 4. The molecule has 0 bridgehead atoms. The molecule has 1 aliphatic rings. The summed E-state index contributed by atoms with van der Waals surface area (Å²) in [5.74, 6) is 0.0386. The van der Waals surface area contributed by atoms with Gasteiger partial charge in [-0.15, -0.1) is 0 Å². The number of benzene rings is 3. The molecule has 3 aromatic rings. The van der Waals surface area contributed by atoms with Crippen LogP contribution in [0.15, 0.2) is 66.7 Å². The number of rotatable bonds is 16. The fourth-order valence-corrected chi connectivity index (χ4v) is 6.66. The molecule has 0 saturated carbocycles. The van der Waals surface area contributed by atoms with Gasteiger partial charge in [-0.05, 0) is 47.6 Å². The maximum absolute atomic E-state index is 13.4. The molecule has 256 valence electrons. The van der Waals surface area contributed by atoms with Gasteiger partial charge in [0.25, 0.3) is 0 Å². The van der Waals surface area contributed by atoms with Crippen LogP contribution in [0.5, 0.6) is 11.5 Å². The number of hydrogen-bond acceptors (Lipinski definition) is 8. The van der Waals surface area contributed by atoms with E-state index in [4.69, 9.17) is 19.9 Å². The second-order valence-corrected chi connectivity index (χ2v) is 13.1. The third kappa shape index (κ3) is 9.21. The monoisotopic (exact) mass is 676 g/mol. The highest BCUT2D eigenvalue weighted by atomic mass is 32.2. The van der Waals surface area contributed by atoms with Crippen molar-refractivity contribution in [3.05, 3.63) is 83.4 Å². The van der Waals surface area contributed by atoms with Gasteiger partial charge in [0.05, 0.1) is 14.2 Å². The predicted molar refractivity (Wildman–Crippen MR) is 186 cm³/mol. The molecule has 5 N–H and O–H groups in total. The number of carbonyl (C=O) groups excluding carboxylic acids is 4. The van der Waals surface area contributed by atoms with Crippen molar-refractivity contribution in [2.75, 3.05) is 26.6 Å². The van der Waals surface area contributed by atoms with E-state index in [2.05, 4.69) is 16.0 Å². The molecular formula is C36H44N4O7S. The van der Waals surface area contributed by atoms with Crippen LogP contribution in [0.4, 0.5) is 4.79 Å². The van der Waals surface area contributed by atoms with Crippen LogP contribution in [0.1, 0.15) is 49.8 Å². The lowest BCUT2D eigenvalue weighted by molar-refractivity contribution is -0.131. The van der Waals surface area contributed by atoms with Gasteiger partial charge in [0, 0.05) is 29.1 Å². The lowest BCUT2D eigenvalue weighted by Gasteiger charge is -2.24. The number of carbonyl (C=O) groups is 4. The molecule has 0 radical (unpaired) electrons. The Morgan fingerprint density at radius 2 is 1.44 bits per heavy atom. The molecule has 12 heteroatoms. The van der Waals surface area contributed by atoms with E-state index in [1.807, 2.05) is 74.5 Å². The van der Waals surface area contributed by atoms with E-state index in [-0.39, 0.29) is 24.2 Å². The Labute approximate surface area is 285 Å². The number of alkyl carbamates (subject to hydrolysis) is 1. The van der Waals surface area contributed by atoms with Crippen LogP contribution in [-0.4, -0.2) is 68.5 Å². The molecule has 0 saturated heterocycles. The highest BCUT2D eigenvalue weighted by Gasteiger charge is 2.31. The maximum Gasteiger partial charge on any atom is 0.407 e. The first-order chi connectivity index (χ1) is 23.0. The van der Waals surface area contributed by atoms with Gasteiger partial charge < -0.3 is 35.9 Å². The summed E-state index contributed by atoms with van der Waals surface area (Å²) in [6, 6.07) is 18.5. The van der Waals surface area contributed by atoms with E-state index in [0.29, 0.717) is 23.7 Å². The molecule has 0 heterocycles. The molecule has 48 heavy (non-hydrogen) atoms. The highest BCUT2D eigenvalue weighted by molar-refractivity contribution is 7.98. The van der Waals surface area contributed by atoms with E-state index in [9.17, 15) is 19.2 Å². The first kappa shape index (κ1) is 36.1. The number of methoxy groups -OCH3 is 2. The lowest BCUT2D eigenvalue weighted by Crippen LogP contribution is -2.57. The molecule has 4 rings (SSSR count). The van der Waals surface area contributed by atoms with E-state index in [1.165, 1.54) is 18.7 Å². The van der Waals surface area contributed by atoms with Gasteiger partial charge in [-0.3, -0.25) is 14.4 Å². The molecule has 3 atom stereocenters. The van der Waals surface area contributed by atoms with Crippen molar-refractivity contribution in [3.8, 4) is 22.6 Å². The fourth-order valence-electron chi connectivity index (χ4n) is 5.61. The summed E-state index contributed by atoms with van der Waals surface area (Å²) in [6.07, 6.45) is -0.412. The van der Waals surface area contributed by atoms with E-state index >= 15 is 0 Å². The Kier molecular flexibility index (Phi) is 12.7. The predicted octanol–water partition coefficient (Wildman–Crippen LogP) is 4.37. The van der Waals surface area contributed by atoms with Gasteiger partial charge in [0.15, 0.2) is 0 Å². The Morgan fingerprint density at radius 1 is 0.812 bits per heavy atom. The van der Waals surface area contributed by atoms with Gasteiger partial charge in [0.2, 0.25) is 17.7 Å². The van der Waals surface area contributed by atoms with Crippen LogP contribution in [-0.2, 0) is 24.9 Å². The number of nitrogens with one attached hydrogen (secondary N) is 3. The smallest absolute Gasteiger partial charge is 0.407 e. The van der Waals surface area contributed by atoms with Crippen LogP contribution in [0.25, 0.3) is 11.1 Å². The quantitative estimate of drug-likeness (QED) is 0.174. The number of primary amides is 1. The van der Waals surface area contributed by atoms with Crippen molar-refractivity contribution < 1.29 is 33.4 Å². The molecule has 11 nitrogen and oxygen atoms in total. The highest BCUT2D eigenvalue weighted by Crippen LogP contribution is 2.44. The molecule has 4 amide bonds. The second-order valence-electron chi connectivity index (χ2n) is 12.0. The SMILES string of the molecule is COc1ccc(CSC[C@H](NC(=O)[C@H](C)NC(=O)OCC2c3ccccc3-c3ccccc32)C(=O)N[C@@H](CC(C)C)C(N)=O)c(OC)c1. The molecule has 0 aromatic heterocycles. The maximum atomic E-state index is 13.4. The van der Waals surface area contributed by atoms with Gasteiger partial charge in [0.1, 0.15) is 36.2 Å². The van der Waals surface area contributed by atoms with Crippen LogP contribution in [0.3, 0.4) is 0 Å². The average molecular weight is 677 g/mol. The van der Waals surface area contributed by atoms with Gasteiger partial charge in [-0.2, -0.15) is 11.8 Å². The number of fused-ring (bicyclic) bond motifs is 3. The van der Waals surface area contributed by atoms with E-state index in [1.54, 1.807) is 20.3 Å².